The zero-order chi connectivity index (χ0) is 15.4. The third kappa shape index (κ3) is 3.82. The predicted octanol–water partition coefficient (Wildman–Crippen LogP) is 3.58. The Morgan fingerprint density at radius 1 is 1.19 bits per heavy atom. The van der Waals surface area contributed by atoms with Gasteiger partial charge in [0.05, 0.1) is 5.56 Å². The van der Waals surface area contributed by atoms with Crippen molar-refractivity contribution in [1.29, 1.82) is 0 Å². The van der Waals surface area contributed by atoms with Crippen LogP contribution in [0.5, 0.6) is 0 Å². The first-order chi connectivity index (χ1) is 9.99. The van der Waals surface area contributed by atoms with Gasteiger partial charge >= 0.3 is 0 Å². The van der Waals surface area contributed by atoms with Gasteiger partial charge in [-0.15, -0.1) is 0 Å². The molecule has 110 valence electrons. The lowest BCUT2D eigenvalue weighted by Gasteiger charge is -2.13. The van der Waals surface area contributed by atoms with E-state index >= 15 is 0 Å². The van der Waals surface area contributed by atoms with Crippen LogP contribution in [0.3, 0.4) is 0 Å². The number of amides is 1. The number of anilines is 1. The molecule has 5 heteroatoms. The topological polar surface area (TPSA) is 32.3 Å². The van der Waals surface area contributed by atoms with E-state index in [0.717, 1.165) is 11.3 Å². The van der Waals surface area contributed by atoms with Gasteiger partial charge in [0.1, 0.15) is 5.82 Å². The fourth-order valence-corrected chi connectivity index (χ4v) is 2.42. The number of rotatable bonds is 4. The molecular weight excluding hydrogens is 335 g/mol. The summed E-state index contributed by atoms with van der Waals surface area (Å²) < 4.78 is 14.1. The summed E-state index contributed by atoms with van der Waals surface area (Å²) in [4.78, 5) is 14.0. The highest BCUT2D eigenvalue weighted by atomic mass is 79.9. The number of hydrogen-bond acceptors (Lipinski definition) is 2. The summed E-state index contributed by atoms with van der Waals surface area (Å²) in [6.45, 7) is 0.354. The number of halogens is 2. The summed E-state index contributed by atoms with van der Waals surface area (Å²) in [5, 5.41) is 2.72. The van der Waals surface area contributed by atoms with Gasteiger partial charge in [-0.3, -0.25) is 4.79 Å². The van der Waals surface area contributed by atoms with E-state index in [-0.39, 0.29) is 5.56 Å². The van der Waals surface area contributed by atoms with Crippen LogP contribution in [0.4, 0.5) is 10.1 Å². The van der Waals surface area contributed by atoms with Crippen LogP contribution in [0.15, 0.2) is 46.9 Å². The molecule has 3 nitrogen and oxygen atoms in total. The first-order valence-electron chi connectivity index (χ1n) is 6.47. The Kier molecular flexibility index (Phi) is 4.96. The smallest absolute Gasteiger partial charge is 0.255 e. The molecule has 0 bridgehead atoms. The van der Waals surface area contributed by atoms with Crippen molar-refractivity contribution in [2.24, 2.45) is 0 Å². The second-order valence-electron chi connectivity index (χ2n) is 4.84. The van der Waals surface area contributed by atoms with E-state index < -0.39 is 11.7 Å². The van der Waals surface area contributed by atoms with Crippen LogP contribution in [0.1, 0.15) is 15.9 Å². The third-order valence-electron chi connectivity index (χ3n) is 3.10. The molecular formula is C16H16BrFN2O. The van der Waals surface area contributed by atoms with Gasteiger partial charge in [0, 0.05) is 30.8 Å². The normalized spacial score (nSPS) is 10.3. The van der Waals surface area contributed by atoms with Gasteiger partial charge < -0.3 is 10.2 Å². The number of nitrogens with one attached hydrogen (secondary N) is 1. The summed E-state index contributed by atoms with van der Waals surface area (Å²) in [6.07, 6.45) is 0. The van der Waals surface area contributed by atoms with Crippen molar-refractivity contribution in [2.75, 3.05) is 19.0 Å². The first-order valence-corrected chi connectivity index (χ1v) is 7.27. The number of nitrogens with zero attached hydrogens (tertiary/aromatic N) is 1. The fourth-order valence-electron chi connectivity index (χ4n) is 1.90. The van der Waals surface area contributed by atoms with Crippen molar-refractivity contribution in [3.63, 3.8) is 0 Å². The molecule has 0 atom stereocenters. The molecule has 0 aliphatic carbocycles. The SMILES string of the molecule is CN(C)c1ccc(CNC(=O)c2c(F)cccc2Br)cc1. The largest absolute Gasteiger partial charge is 0.378 e. The predicted molar refractivity (Wildman–Crippen MR) is 86.0 cm³/mol. The highest BCUT2D eigenvalue weighted by molar-refractivity contribution is 9.10. The minimum Gasteiger partial charge on any atom is -0.378 e. The van der Waals surface area contributed by atoms with Gasteiger partial charge in [0.2, 0.25) is 0 Å². The average Bonchev–Trinajstić information content (AvgIpc) is 2.45. The lowest BCUT2D eigenvalue weighted by Crippen LogP contribution is -2.24. The Morgan fingerprint density at radius 3 is 2.43 bits per heavy atom. The van der Waals surface area contributed by atoms with Crippen LogP contribution in [-0.2, 0) is 6.54 Å². The molecule has 1 N–H and O–H groups in total. The Labute approximate surface area is 131 Å². The molecule has 0 radical (unpaired) electrons. The second kappa shape index (κ2) is 6.72. The molecule has 2 aromatic carbocycles. The molecule has 0 aliphatic rings. The van der Waals surface area contributed by atoms with Gasteiger partial charge in [0.25, 0.3) is 5.91 Å². The van der Waals surface area contributed by atoms with Crippen molar-refractivity contribution in [3.8, 4) is 0 Å². The summed E-state index contributed by atoms with van der Waals surface area (Å²) >= 11 is 3.19. The van der Waals surface area contributed by atoms with Crippen LogP contribution in [0, 0.1) is 5.82 Å². The zero-order valence-electron chi connectivity index (χ0n) is 11.9. The second-order valence-corrected chi connectivity index (χ2v) is 5.69. The molecule has 0 aliphatic heterocycles. The van der Waals surface area contributed by atoms with Crippen LogP contribution >= 0.6 is 15.9 Å². The van der Waals surface area contributed by atoms with E-state index in [4.69, 9.17) is 0 Å². The third-order valence-corrected chi connectivity index (χ3v) is 3.76. The van der Waals surface area contributed by atoms with Crippen molar-refractivity contribution >= 4 is 27.5 Å². The number of hydrogen-bond donors (Lipinski definition) is 1. The highest BCUT2D eigenvalue weighted by Crippen LogP contribution is 2.19. The zero-order valence-corrected chi connectivity index (χ0v) is 13.4. The minimum atomic E-state index is -0.537. The van der Waals surface area contributed by atoms with Gasteiger partial charge in [-0.1, -0.05) is 18.2 Å². The molecule has 0 aromatic heterocycles. The molecule has 0 saturated heterocycles. The lowest BCUT2D eigenvalue weighted by atomic mass is 10.1. The van der Waals surface area contributed by atoms with E-state index in [1.807, 2.05) is 43.3 Å². The summed E-state index contributed by atoms with van der Waals surface area (Å²) in [6, 6.07) is 12.3. The van der Waals surface area contributed by atoms with Crippen molar-refractivity contribution < 1.29 is 9.18 Å². The molecule has 1 amide bonds. The monoisotopic (exact) mass is 350 g/mol. The van der Waals surface area contributed by atoms with E-state index in [9.17, 15) is 9.18 Å². The number of carbonyl (C=O) groups excluding carboxylic acids is 1. The van der Waals surface area contributed by atoms with Gasteiger partial charge in [-0.25, -0.2) is 4.39 Å². The van der Waals surface area contributed by atoms with Crippen molar-refractivity contribution in [2.45, 2.75) is 6.54 Å². The van der Waals surface area contributed by atoms with E-state index in [1.165, 1.54) is 6.07 Å². The molecule has 2 aromatic rings. The Morgan fingerprint density at radius 2 is 1.86 bits per heavy atom. The average molecular weight is 351 g/mol. The van der Waals surface area contributed by atoms with Crippen LogP contribution in [0.25, 0.3) is 0 Å². The molecule has 0 saturated carbocycles. The highest BCUT2D eigenvalue weighted by Gasteiger charge is 2.14. The van der Waals surface area contributed by atoms with E-state index in [0.29, 0.717) is 11.0 Å². The van der Waals surface area contributed by atoms with Gasteiger partial charge in [-0.2, -0.15) is 0 Å². The maximum Gasteiger partial charge on any atom is 0.255 e. The Bertz CT molecular complexity index is 621. The Hall–Kier alpha value is -1.88. The molecule has 0 spiro atoms. The number of benzene rings is 2. The standard InChI is InChI=1S/C16H16BrFN2O/c1-20(2)12-8-6-11(7-9-12)10-19-16(21)15-13(17)4-3-5-14(15)18/h3-9H,10H2,1-2H3,(H,19,21). The molecule has 21 heavy (non-hydrogen) atoms. The summed E-state index contributed by atoms with van der Waals surface area (Å²) in [7, 11) is 3.93. The summed E-state index contributed by atoms with van der Waals surface area (Å²) in [5.41, 5.74) is 2.07. The molecule has 0 fully saturated rings. The van der Waals surface area contributed by atoms with Crippen LogP contribution in [0.2, 0.25) is 0 Å². The van der Waals surface area contributed by atoms with Gasteiger partial charge in [0.15, 0.2) is 0 Å². The van der Waals surface area contributed by atoms with Crippen molar-refractivity contribution in [1.82, 2.24) is 5.32 Å². The Balaban J connectivity index is 2.04. The first kappa shape index (κ1) is 15.5. The van der Waals surface area contributed by atoms with Gasteiger partial charge in [-0.05, 0) is 45.8 Å². The fraction of sp³-hybridized carbons (Fsp3) is 0.188. The molecule has 2 rings (SSSR count). The maximum absolute atomic E-state index is 13.7. The van der Waals surface area contributed by atoms with Crippen LogP contribution in [-0.4, -0.2) is 20.0 Å². The molecule has 0 unspecified atom stereocenters. The minimum absolute atomic E-state index is 0.0300. The summed E-state index contributed by atoms with van der Waals surface area (Å²) in [5.74, 6) is -0.971. The maximum atomic E-state index is 13.7. The lowest BCUT2D eigenvalue weighted by molar-refractivity contribution is 0.0946. The quantitative estimate of drug-likeness (QED) is 0.913. The number of carbonyl (C=O) groups is 1. The van der Waals surface area contributed by atoms with Crippen LogP contribution < -0.4 is 10.2 Å². The van der Waals surface area contributed by atoms with Crippen molar-refractivity contribution in [3.05, 3.63) is 63.9 Å². The molecule has 0 heterocycles. The van der Waals surface area contributed by atoms with E-state index in [2.05, 4.69) is 21.2 Å². The van der Waals surface area contributed by atoms with E-state index in [1.54, 1.807) is 12.1 Å².